The number of carbonyl (C=O) groups excluding carboxylic acids is 1. The van der Waals surface area contributed by atoms with Gasteiger partial charge in [-0.25, -0.2) is 4.79 Å². The third-order valence-corrected chi connectivity index (χ3v) is 2.07. The molecule has 5 heteroatoms. The molecule has 1 rings (SSSR count). The molecule has 0 N–H and O–H groups in total. The summed E-state index contributed by atoms with van der Waals surface area (Å²) in [6, 6.07) is 2.09. The number of nitrogens with zero attached hydrogens (tertiary/aromatic N) is 3. The third kappa shape index (κ3) is 3.73. The van der Waals surface area contributed by atoms with Crippen molar-refractivity contribution >= 4 is 5.97 Å². The van der Waals surface area contributed by atoms with Crippen molar-refractivity contribution < 1.29 is 9.53 Å². The van der Waals surface area contributed by atoms with Crippen LogP contribution in [0.1, 0.15) is 36.5 Å². The second kappa shape index (κ2) is 6.62. The summed E-state index contributed by atoms with van der Waals surface area (Å²) in [5, 5.41) is 12.4. The molecule has 0 saturated carbocycles. The van der Waals surface area contributed by atoms with Crippen molar-refractivity contribution in [1.82, 2.24) is 9.78 Å². The Bertz CT molecular complexity index is 379. The number of rotatable bonds is 6. The molecule has 0 bridgehead atoms. The highest BCUT2D eigenvalue weighted by molar-refractivity contribution is 5.88. The van der Waals surface area contributed by atoms with Crippen molar-refractivity contribution in [3.63, 3.8) is 0 Å². The normalized spacial score (nSPS) is 9.75. The van der Waals surface area contributed by atoms with E-state index in [1.807, 2.05) is 0 Å². The van der Waals surface area contributed by atoms with Gasteiger partial charge in [-0.1, -0.05) is 0 Å². The molecule has 5 nitrogen and oxygen atoms in total. The molecule has 0 saturated heterocycles. The third-order valence-electron chi connectivity index (χ3n) is 2.07. The molecule has 0 aromatic carbocycles. The molecule has 1 aromatic rings. The lowest BCUT2D eigenvalue weighted by Gasteiger charge is -1.99. The number of hydrogen-bond acceptors (Lipinski definition) is 4. The minimum atomic E-state index is -0.342. The van der Waals surface area contributed by atoms with Gasteiger partial charge in [-0.15, -0.1) is 0 Å². The Morgan fingerprint density at radius 1 is 1.62 bits per heavy atom. The van der Waals surface area contributed by atoms with Crippen molar-refractivity contribution in [1.29, 1.82) is 5.26 Å². The second-order valence-corrected chi connectivity index (χ2v) is 3.33. The van der Waals surface area contributed by atoms with Gasteiger partial charge in [0.2, 0.25) is 0 Å². The molecule has 86 valence electrons. The van der Waals surface area contributed by atoms with Crippen LogP contribution in [0.25, 0.3) is 0 Å². The Morgan fingerprint density at radius 3 is 3.12 bits per heavy atom. The molecule has 1 heterocycles. The fourth-order valence-corrected chi connectivity index (χ4v) is 1.28. The summed E-state index contributed by atoms with van der Waals surface area (Å²) in [6.45, 7) is 2.86. The Hall–Kier alpha value is -1.83. The monoisotopic (exact) mass is 221 g/mol. The van der Waals surface area contributed by atoms with Crippen molar-refractivity contribution in [3.05, 3.63) is 18.0 Å². The highest BCUT2D eigenvalue weighted by Gasteiger charge is 2.08. The lowest BCUT2D eigenvalue weighted by atomic mass is 10.2. The van der Waals surface area contributed by atoms with Crippen LogP contribution >= 0.6 is 0 Å². The average molecular weight is 221 g/mol. The molecule has 0 fully saturated rings. The zero-order chi connectivity index (χ0) is 11.8. The van der Waals surface area contributed by atoms with Gasteiger partial charge in [-0.05, 0) is 19.8 Å². The number of nitriles is 1. The predicted molar refractivity (Wildman–Crippen MR) is 57.6 cm³/mol. The van der Waals surface area contributed by atoms with Gasteiger partial charge in [0.1, 0.15) is 0 Å². The molecule has 0 aliphatic rings. The molecule has 1 aromatic heterocycles. The van der Waals surface area contributed by atoms with Crippen LogP contribution in [-0.4, -0.2) is 22.4 Å². The van der Waals surface area contributed by atoms with E-state index in [0.29, 0.717) is 18.6 Å². The number of hydrogen-bond donors (Lipinski definition) is 0. The smallest absolute Gasteiger partial charge is 0.341 e. The lowest BCUT2D eigenvalue weighted by molar-refractivity contribution is 0.0526. The molecule has 0 spiro atoms. The van der Waals surface area contributed by atoms with Crippen molar-refractivity contribution in [2.24, 2.45) is 0 Å². The van der Waals surface area contributed by atoms with Crippen LogP contribution in [0.2, 0.25) is 0 Å². The number of esters is 1. The number of ether oxygens (including phenoxy) is 1. The molecule has 16 heavy (non-hydrogen) atoms. The first-order valence-electron chi connectivity index (χ1n) is 5.34. The Labute approximate surface area is 94.6 Å². The highest BCUT2D eigenvalue weighted by atomic mass is 16.5. The SMILES string of the molecule is CCOC(=O)c1cnn(CCCCC#N)c1. The maximum Gasteiger partial charge on any atom is 0.341 e. The van der Waals surface area contributed by atoms with E-state index >= 15 is 0 Å². The predicted octanol–water partition coefficient (Wildman–Crippen LogP) is 1.75. The molecule has 0 unspecified atom stereocenters. The molecular formula is C11H15N3O2. The minimum absolute atomic E-state index is 0.342. The van der Waals surface area contributed by atoms with Crippen LogP contribution < -0.4 is 0 Å². The van der Waals surface area contributed by atoms with E-state index in [2.05, 4.69) is 11.2 Å². The molecule has 0 radical (unpaired) electrons. The molecule has 0 atom stereocenters. The zero-order valence-electron chi connectivity index (χ0n) is 9.35. The van der Waals surface area contributed by atoms with Gasteiger partial charge < -0.3 is 4.74 Å². The summed E-state index contributed by atoms with van der Waals surface area (Å²) in [5.41, 5.74) is 0.474. The Morgan fingerprint density at radius 2 is 2.44 bits per heavy atom. The van der Waals surface area contributed by atoms with Gasteiger partial charge in [0.15, 0.2) is 0 Å². The van der Waals surface area contributed by atoms with Gasteiger partial charge in [0.25, 0.3) is 0 Å². The number of aromatic nitrogens is 2. The lowest BCUT2D eigenvalue weighted by Crippen LogP contribution is -2.03. The molecular weight excluding hydrogens is 206 g/mol. The van der Waals surface area contributed by atoms with Crippen LogP contribution in [-0.2, 0) is 11.3 Å². The fraction of sp³-hybridized carbons (Fsp3) is 0.545. The second-order valence-electron chi connectivity index (χ2n) is 3.33. The molecule has 0 aliphatic heterocycles. The van der Waals surface area contributed by atoms with Crippen LogP contribution in [0.5, 0.6) is 0 Å². The average Bonchev–Trinajstić information content (AvgIpc) is 2.73. The van der Waals surface area contributed by atoms with Crippen LogP contribution in [0.4, 0.5) is 0 Å². The Balaban J connectivity index is 2.39. The van der Waals surface area contributed by atoms with Gasteiger partial charge >= 0.3 is 5.97 Å². The summed E-state index contributed by atoms with van der Waals surface area (Å²) in [4.78, 5) is 11.3. The van der Waals surface area contributed by atoms with Crippen molar-refractivity contribution in [3.8, 4) is 6.07 Å². The van der Waals surface area contributed by atoms with Crippen molar-refractivity contribution in [2.75, 3.05) is 6.61 Å². The number of carbonyl (C=O) groups is 1. The summed E-state index contributed by atoms with van der Waals surface area (Å²) in [5.74, 6) is -0.342. The van der Waals surface area contributed by atoms with E-state index in [-0.39, 0.29) is 5.97 Å². The maximum absolute atomic E-state index is 11.3. The van der Waals surface area contributed by atoms with Crippen LogP contribution in [0.15, 0.2) is 12.4 Å². The summed E-state index contributed by atoms with van der Waals surface area (Å²) in [6.07, 6.45) is 5.47. The van der Waals surface area contributed by atoms with Gasteiger partial charge in [-0.3, -0.25) is 4.68 Å². The van der Waals surface area contributed by atoms with Gasteiger partial charge in [-0.2, -0.15) is 10.4 Å². The van der Waals surface area contributed by atoms with E-state index in [4.69, 9.17) is 10.00 Å². The first-order chi connectivity index (χ1) is 7.77. The van der Waals surface area contributed by atoms with Gasteiger partial charge in [0, 0.05) is 19.2 Å². The maximum atomic E-state index is 11.3. The van der Waals surface area contributed by atoms with Crippen LogP contribution in [0, 0.1) is 11.3 Å². The number of aryl methyl sites for hydroxylation is 1. The van der Waals surface area contributed by atoms with E-state index in [0.717, 1.165) is 19.4 Å². The summed E-state index contributed by atoms with van der Waals surface area (Å²) < 4.78 is 6.55. The highest BCUT2D eigenvalue weighted by Crippen LogP contribution is 2.03. The zero-order valence-corrected chi connectivity index (χ0v) is 9.35. The Kier molecular flexibility index (Phi) is 5.06. The number of unbranched alkanes of at least 4 members (excludes halogenated alkanes) is 2. The molecule has 0 aliphatic carbocycles. The van der Waals surface area contributed by atoms with E-state index in [1.54, 1.807) is 17.8 Å². The van der Waals surface area contributed by atoms with E-state index in [1.165, 1.54) is 6.20 Å². The van der Waals surface area contributed by atoms with Crippen LogP contribution in [0.3, 0.4) is 0 Å². The standard InChI is InChI=1S/C11H15N3O2/c1-2-16-11(15)10-8-13-14(9-10)7-5-3-4-6-12/h8-9H,2-5,7H2,1H3. The topological polar surface area (TPSA) is 67.9 Å². The van der Waals surface area contributed by atoms with Crippen molar-refractivity contribution in [2.45, 2.75) is 32.7 Å². The quantitative estimate of drug-likeness (QED) is 0.542. The minimum Gasteiger partial charge on any atom is -0.462 e. The summed E-state index contributed by atoms with van der Waals surface area (Å²) >= 11 is 0. The first kappa shape index (κ1) is 12.2. The fourth-order valence-electron chi connectivity index (χ4n) is 1.28. The summed E-state index contributed by atoms with van der Waals surface area (Å²) in [7, 11) is 0. The largest absolute Gasteiger partial charge is 0.462 e. The van der Waals surface area contributed by atoms with E-state index in [9.17, 15) is 4.79 Å². The van der Waals surface area contributed by atoms with E-state index < -0.39 is 0 Å². The van der Waals surface area contributed by atoms with Gasteiger partial charge in [0.05, 0.1) is 24.4 Å². The molecule has 0 amide bonds. The first-order valence-corrected chi connectivity index (χ1v) is 5.34.